The summed E-state index contributed by atoms with van der Waals surface area (Å²) in [6.07, 6.45) is 0.633. The minimum absolute atomic E-state index is 0. The predicted molar refractivity (Wildman–Crippen MR) is 85.5 cm³/mol. The van der Waals surface area contributed by atoms with Crippen molar-refractivity contribution in [1.82, 2.24) is 20.2 Å². The summed E-state index contributed by atoms with van der Waals surface area (Å²) in [5, 5.41) is 6.99. The Hall–Kier alpha value is -1.48. The monoisotopic (exact) mass is 346 g/mol. The number of rotatable bonds is 6. The number of hydrogen-bond donors (Lipinski definition) is 2. The molecule has 0 saturated carbocycles. The molecule has 2 rings (SSSR count). The molecule has 0 bridgehead atoms. The molecule has 1 atom stereocenters. The Labute approximate surface area is 136 Å². The van der Waals surface area contributed by atoms with Crippen molar-refractivity contribution in [1.29, 1.82) is 0 Å². The third-order valence-electron chi connectivity index (χ3n) is 3.11. The molecule has 1 unspecified atom stereocenters. The van der Waals surface area contributed by atoms with Gasteiger partial charge in [-0.05, 0) is 39.2 Å². The number of sulfonamides is 1. The molecule has 0 aliphatic carbocycles. The van der Waals surface area contributed by atoms with Crippen molar-refractivity contribution in [3.8, 4) is 11.5 Å². The van der Waals surface area contributed by atoms with E-state index in [4.69, 9.17) is 4.52 Å². The van der Waals surface area contributed by atoms with E-state index >= 15 is 0 Å². The molecule has 0 saturated heterocycles. The van der Waals surface area contributed by atoms with Crippen LogP contribution in [0.3, 0.4) is 0 Å². The minimum Gasteiger partial charge on any atom is -0.334 e. The van der Waals surface area contributed by atoms with E-state index in [-0.39, 0.29) is 23.3 Å². The third-order valence-corrected chi connectivity index (χ3v) is 4.52. The smallest absolute Gasteiger partial charge is 0.257 e. The molecule has 122 valence electrons. The van der Waals surface area contributed by atoms with Crippen LogP contribution in [0.1, 0.15) is 12.7 Å². The lowest BCUT2D eigenvalue weighted by Gasteiger charge is -2.04. The van der Waals surface area contributed by atoms with Crippen LogP contribution in [0.5, 0.6) is 0 Å². The van der Waals surface area contributed by atoms with Crippen LogP contribution in [0.4, 0.5) is 0 Å². The second kappa shape index (κ2) is 7.68. The fourth-order valence-electron chi connectivity index (χ4n) is 1.74. The van der Waals surface area contributed by atoms with E-state index in [0.29, 0.717) is 23.7 Å². The van der Waals surface area contributed by atoms with E-state index in [1.54, 1.807) is 12.1 Å². The van der Waals surface area contributed by atoms with Crippen molar-refractivity contribution >= 4 is 22.4 Å². The van der Waals surface area contributed by atoms with Gasteiger partial charge in [0, 0.05) is 18.0 Å². The topological polar surface area (TPSA) is 97.1 Å². The largest absolute Gasteiger partial charge is 0.334 e. The number of nitrogens with zero attached hydrogens (tertiary/aromatic N) is 2. The standard InChI is InChI=1S/C13H18N4O3S.ClH/c1-9(14-2)7-12-16-13(20-17-12)10-5-4-6-11(8-10)21(18,19)15-3;/h4-6,8-9,14-15H,7H2,1-3H3;1H. The van der Waals surface area contributed by atoms with E-state index in [9.17, 15) is 8.42 Å². The summed E-state index contributed by atoms with van der Waals surface area (Å²) in [5.74, 6) is 0.884. The molecule has 1 aromatic heterocycles. The van der Waals surface area contributed by atoms with Crippen LogP contribution in [0.2, 0.25) is 0 Å². The van der Waals surface area contributed by atoms with Gasteiger partial charge in [0.05, 0.1) is 4.90 Å². The molecule has 9 heteroatoms. The van der Waals surface area contributed by atoms with Gasteiger partial charge in [0.15, 0.2) is 5.82 Å². The van der Waals surface area contributed by atoms with Gasteiger partial charge >= 0.3 is 0 Å². The summed E-state index contributed by atoms with van der Waals surface area (Å²) < 4.78 is 31.0. The van der Waals surface area contributed by atoms with Gasteiger partial charge in [0.2, 0.25) is 10.0 Å². The Morgan fingerprint density at radius 3 is 2.68 bits per heavy atom. The molecule has 7 nitrogen and oxygen atoms in total. The molecule has 0 fully saturated rings. The van der Waals surface area contributed by atoms with Crippen molar-refractivity contribution in [2.45, 2.75) is 24.3 Å². The predicted octanol–water partition coefficient (Wildman–Crippen LogP) is 1.22. The maximum absolute atomic E-state index is 11.8. The molecule has 2 aromatic rings. The van der Waals surface area contributed by atoms with Gasteiger partial charge in [-0.2, -0.15) is 4.98 Å². The SMILES string of the molecule is CNC(C)Cc1noc(-c2cccc(S(=O)(=O)NC)c2)n1.Cl. The van der Waals surface area contributed by atoms with E-state index in [1.165, 1.54) is 19.2 Å². The first-order chi connectivity index (χ1) is 9.96. The number of benzene rings is 1. The van der Waals surface area contributed by atoms with Crippen molar-refractivity contribution in [2.75, 3.05) is 14.1 Å². The molecule has 0 spiro atoms. The van der Waals surface area contributed by atoms with E-state index in [0.717, 1.165) is 0 Å². The number of halogens is 1. The number of hydrogen-bond acceptors (Lipinski definition) is 6. The van der Waals surface area contributed by atoms with Gasteiger partial charge in [-0.3, -0.25) is 0 Å². The van der Waals surface area contributed by atoms with Crippen molar-refractivity contribution < 1.29 is 12.9 Å². The zero-order valence-corrected chi connectivity index (χ0v) is 14.2. The molecule has 0 radical (unpaired) electrons. The van der Waals surface area contributed by atoms with Gasteiger partial charge < -0.3 is 9.84 Å². The lowest BCUT2D eigenvalue weighted by Crippen LogP contribution is -2.24. The molecule has 1 aromatic carbocycles. The second-order valence-electron chi connectivity index (χ2n) is 4.64. The highest BCUT2D eigenvalue weighted by Gasteiger charge is 2.15. The third kappa shape index (κ3) is 4.26. The highest BCUT2D eigenvalue weighted by atomic mass is 35.5. The van der Waals surface area contributed by atoms with Crippen LogP contribution >= 0.6 is 12.4 Å². The molecule has 0 aliphatic rings. The van der Waals surface area contributed by atoms with E-state index in [2.05, 4.69) is 20.2 Å². The zero-order valence-electron chi connectivity index (χ0n) is 12.5. The Bertz CT molecular complexity index is 718. The minimum atomic E-state index is -3.49. The Balaban J connectivity index is 0.00000242. The first-order valence-corrected chi connectivity index (χ1v) is 7.98. The fourth-order valence-corrected chi connectivity index (χ4v) is 2.52. The van der Waals surface area contributed by atoms with Crippen molar-refractivity contribution in [3.63, 3.8) is 0 Å². The lowest BCUT2D eigenvalue weighted by atomic mass is 10.2. The van der Waals surface area contributed by atoms with Crippen molar-refractivity contribution in [3.05, 3.63) is 30.1 Å². The molecule has 22 heavy (non-hydrogen) atoms. The molecule has 0 aliphatic heterocycles. The highest BCUT2D eigenvalue weighted by molar-refractivity contribution is 7.89. The Morgan fingerprint density at radius 2 is 2.05 bits per heavy atom. The van der Waals surface area contributed by atoms with Crippen LogP contribution in [0.25, 0.3) is 11.5 Å². The molecular weight excluding hydrogens is 328 g/mol. The molecule has 2 N–H and O–H groups in total. The van der Waals surface area contributed by atoms with Crippen LogP contribution in [0.15, 0.2) is 33.7 Å². The maximum Gasteiger partial charge on any atom is 0.257 e. The number of nitrogens with one attached hydrogen (secondary N) is 2. The number of aromatic nitrogens is 2. The van der Waals surface area contributed by atoms with E-state index < -0.39 is 10.0 Å². The summed E-state index contributed by atoms with van der Waals surface area (Å²) in [7, 11) is -0.269. The average molecular weight is 347 g/mol. The lowest BCUT2D eigenvalue weighted by molar-refractivity contribution is 0.418. The van der Waals surface area contributed by atoms with Crippen LogP contribution in [-0.4, -0.2) is 38.7 Å². The first-order valence-electron chi connectivity index (χ1n) is 6.50. The van der Waals surface area contributed by atoms with Crippen LogP contribution < -0.4 is 10.0 Å². The number of likely N-dealkylation sites (N-methyl/N-ethyl adjacent to an activating group) is 1. The van der Waals surface area contributed by atoms with Gasteiger partial charge in [-0.1, -0.05) is 11.2 Å². The van der Waals surface area contributed by atoms with Gasteiger partial charge in [-0.15, -0.1) is 12.4 Å². The molecular formula is C13H19ClN4O3S. The first kappa shape index (κ1) is 18.6. The Kier molecular flexibility index (Phi) is 6.48. The highest BCUT2D eigenvalue weighted by Crippen LogP contribution is 2.21. The van der Waals surface area contributed by atoms with E-state index in [1.807, 2.05) is 14.0 Å². The van der Waals surface area contributed by atoms with Gasteiger partial charge in [0.1, 0.15) is 0 Å². The van der Waals surface area contributed by atoms with Crippen LogP contribution in [0, 0.1) is 0 Å². The molecule has 0 amide bonds. The zero-order chi connectivity index (χ0) is 15.5. The average Bonchev–Trinajstić information content (AvgIpc) is 2.95. The maximum atomic E-state index is 11.8. The fraction of sp³-hybridized carbons (Fsp3) is 0.385. The normalized spacial score (nSPS) is 12.7. The quantitative estimate of drug-likeness (QED) is 0.816. The Morgan fingerprint density at radius 1 is 1.32 bits per heavy atom. The van der Waals surface area contributed by atoms with Crippen LogP contribution in [-0.2, 0) is 16.4 Å². The summed E-state index contributed by atoms with van der Waals surface area (Å²) in [5.41, 5.74) is 0.571. The summed E-state index contributed by atoms with van der Waals surface area (Å²) in [6, 6.07) is 6.61. The van der Waals surface area contributed by atoms with Crippen molar-refractivity contribution in [2.24, 2.45) is 0 Å². The van der Waals surface area contributed by atoms with Gasteiger partial charge in [-0.25, -0.2) is 13.1 Å². The summed E-state index contributed by atoms with van der Waals surface area (Å²) >= 11 is 0. The van der Waals surface area contributed by atoms with Gasteiger partial charge in [0.25, 0.3) is 5.89 Å². The summed E-state index contributed by atoms with van der Waals surface area (Å²) in [6.45, 7) is 2.01. The second-order valence-corrected chi connectivity index (χ2v) is 6.53. The summed E-state index contributed by atoms with van der Waals surface area (Å²) in [4.78, 5) is 4.44. The molecule has 1 heterocycles.